The molecule has 0 saturated heterocycles. The van der Waals surface area contributed by atoms with E-state index in [0.29, 0.717) is 17.8 Å². The van der Waals surface area contributed by atoms with Gasteiger partial charge in [0.15, 0.2) is 11.6 Å². The van der Waals surface area contributed by atoms with Crippen LogP contribution in [0, 0.1) is 17.5 Å². The van der Waals surface area contributed by atoms with E-state index < -0.39 is 17.5 Å². The Kier molecular flexibility index (Phi) is 3.04. The number of halogens is 3. The van der Waals surface area contributed by atoms with E-state index in [4.69, 9.17) is 5.73 Å². The summed E-state index contributed by atoms with van der Waals surface area (Å²) in [6, 6.07) is 6.63. The average molecular weight is 278 g/mol. The quantitative estimate of drug-likeness (QED) is 0.820. The van der Waals surface area contributed by atoms with Crippen LogP contribution in [0.4, 0.5) is 24.5 Å². The van der Waals surface area contributed by atoms with Crippen LogP contribution in [-0.4, -0.2) is 0 Å². The molecule has 0 heterocycles. The zero-order valence-corrected chi connectivity index (χ0v) is 10.6. The van der Waals surface area contributed by atoms with E-state index in [1.165, 1.54) is 0 Å². The van der Waals surface area contributed by atoms with Crippen LogP contribution in [0.15, 0.2) is 30.3 Å². The minimum absolute atomic E-state index is 0.194. The smallest absolute Gasteiger partial charge is 0.152 e. The van der Waals surface area contributed by atoms with Gasteiger partial charge in [-0.25, -0.2) is 13.2 Å². The van der Waals surface area contributed by atoms with Crippen molar-refractivity contribution in [1.29, 1.82) is 0 Å². The maximum atomic E-state index is 13.6. The number of rotatable bonds is 2. The molecule has 0 spiro atoms. The highest BCUT2D eigenvalue weighted by Crippen LogP contribution is 2.36. The van der Waals surface area contributed by atoms with Crippen LogP contribution in [0.2, 0.25) is 0 Å². The maximum absolute atomic E-state index is 13.6. The lowest BCUT2D eigenvalue weighted by molar-refractivity contribution is 0.544. The Labute approximate surface area is 114 Å². The Balaban J connectivity index is 1.91. The van der Waals surface area contributed by atoms with Crippen LogP contribution < -0.4 is 11.1 Å². The molecular weight excluding hydrogens is 265 g/mol. The molecule has 1 aliphatic carbocycles. The third-order valence-electron chi connectivity index (χ3n) is 3.57. The topological polar surface area (TPSA) is 38.0 Å². The van der Waals surface area contributed by atoms with Gasteiger partial charge in [-0.15, -0.1) is 0 Å². The molecule has 0 fully saturated rings. The van der Waals surface area contributed by atoms with Gasteiger partial charge in [-0.3, -0.25) is 0 Å². The summed E-state index contributed by atoms with van der Waals surface area (Å²) in [4.78, 5) is 0. The van der Waals surface area contributed by atoms with E-state index in [0.717, 1.165) is 24.0 Å². The summed E-state index contributed by atoms with van der Waals surface area (Å²) in [6.45, 7) is 0. The molecule has 5 heteroatoms. The van der Waals surface area contributed by atoms with Crippen molar-refractivity contribution in [3.63, 3.8) is 0 Å². The first-order valence-corrected chi connectivity index (χ1v) is 6.34. The van der Waals surface area contributed by atoms with Gasteiger partial charge in [-0.05, 0) is 36.1 Å². The molecule has 104 valence electrons. The standard InChI is InChI=1S/C15H13F3N2/c16-9-6-12(17)15(13(18)7-9)20-14-4-1-8-5-10(19)2-3-11(8)14/h2-3,5-7,14,20H,1,4,19H2. The van der Waals surface area contributed by atoms with Crippen molar-refractivity contribution in [3.8, 4) is 0 Å². The van der Waals surface area contributed by atoms with Crippen LogP contribution in [0.5, 0.6) is 0 Å². The first-order chi connectivity index (χ1) is 9.54. The molecule has 3 rings (SSSR count). The summed E-state index contributed by atoms with van der Waals surface area (Å²) in [5.74, 6) is -2.78. The number of nitrogens with one attached hydrogen (secondary N) is 1. The third-order valence-corrected chi connectivity index (χ3v) is 3.57. The van der Waals surface area contributed by atoms with Crippen LogP contribution in [-0.2, 0) is 6.42 Å². The molecule has 1 atom stereocenters. The molecule has 0 aliphatic heterocycles. The summed E-state index contributed by atoms with van der Waals surface area (Å²) in [6.07, 6.45) is 1.51. The summed E-state index contributed by atoms with van der Waals surface area (Å²) in [7, 11) is 0. The molecule has 2 aromatic carbocycles. The van der Waals surface area contributed by atoms with E-state index in [2.05, 4.69) is 5.32 Å². The summed E-state index contributed by atoms with van der Waals surface area (Å²) in [5, 5.41) is 2.82. The molecule has 2 aromatic rings. The molecule has 0 amide bonds. The number of aryl methyl sites for hydroxylation is 1. The van der Waals surface area contributed by atoms with Crippen LogP contribution in [0.25, 0.3) is 0 Å². The van der Waals surface area contributed by atoms with Gasteiger partial charge in [0.1, 0.15) is 11.5 Å². The van der Waals surface area contributed by atoms with Gasteiger partial charge in [0.05, 0.1) is 6.04 Å². The first kappa shape index (κ1) is 12.8. The van der Waals surface area contributed by atoms with Gasteiger partial charge < -0.3 is 11.1 Å². The van der Waals surface area contributed by atoms with E-state index in [1.807, 2.05) is 12.1 Å². The molecule has 0 radical (unpaired) electrons. The predicted octanol–water partition coefficient (Wildman–Crippen LogP) is 3.79. The lowest BCUT2D eigenvalue weighted by Gasteiger charge is -2.17. The number of nitrogen functional groups attached to an aromatic ring is 1. The largest absolute Gasteiger partial charge is 0.399 e. The normalized spacial score (nSPS) is 17.1. The number of nitrogens with two attached hydrogens (primary N) is 1. The van der Waals surface area contributed by atoms with Crippen molar-refractivity contribution in [2.24, 2.45) is 0 Å². The monoisotopic (exact) mass is 278 g/mol. The van der Waals surface area contributed by atoms with Crippen LogP contribution >= 0.6 is 0 Å². The number of fused-ring (bicyclic) bond motifs is 1. The summed E-state index contributed by atoms with van der Waals surface area (Å²) < 4.78 is 40.2. The molecule has 3 N–H and O–H groups in total. The Morgan fingerprint density at radius 2 is 1.75 bits per heavy atom. The molecule has 0 bridgehead atoms. The fourth-order valence-corrected chi connectivity index (χ4v) is 2.64. The Morgan fingerprint density at radius 1 is 1.05 bits per heavy atom. The highest BCUT2D eigenvalue weighted by Gasteiger charge is 2.24. The second kappa shape index (κ2) is 4.74. The van der Waals surface area contributed by atoms with E-state index >= 15 is 0 Å². The van der Waals surface area contributed by atoms with Gasteiger partial charge in [-0.2, -0.15) is 0 Å². The molecule has 2 nitrogen and oxygen atoms in total. The fourth-order valence-electron chi connectivity index (χ4n) is 2.64. The fraction of sp³-hybridized carbons (Fsp3) is 0.200. The van der Waals surface area contributed by atoms with E-state index in [9.17, 15) is 13.2 Å². The lowest BCUT2D eigenvalue weighted by atomic mass is 10.1. The van der Waals surface area contributed by atoms with Crippen molar-refractivity contribution >= 4 is 11.4 Å². The second-order valence-electron chi connectivity index (χ2n) is 4.94. The number of hydrogen-bond donors (Lipinski definition) is 2. The van der Waals surface area contributed by atoms with E-state index in [1.54, 1.807) is 6.07 Å². The van der Waals surface area contributed by atoms with Gasteiger partial charge in [0.2, 0.25) is 0 Å². The molecule has 1 unspecified atom stereocenters. The molecule has 1 aliphatic rings. The van der Waals surface area contributed by atoms with Crippen molar-refractivity contribution in [3.05, 3.63) is 58.9 Å². The third kappa shape index (κ3) is 2.19. The number of anilines is 2. The maximum Gasteiger partial charge on any atom is 0.152 e. The van der Waals surface area contributed by atoms with Crippen molar-refractivity contribution in [2.75, 3.05) is 11.1 Å². The molecule has 0 saturated carbocycles. The first-order valence-electron chi connectivity index (χ1n) is 6.34. The summed E-state index contributed by atoms with van der Waals surface area (Å²) in [5.41, 5.74) is 8.14. The van der Waals surface area contributed by atoms with Crippen LogP contribution in [0.3, 0.4) is 0 Å². The molecular formula is C15H13F3N2. The van der Waals surface area contributed by atoms with E-state index in [-0.39, 0.29) is 11.7 Å². The zero-order chi connectivity index (χ0) is 14.3. The average Bonchev–Trinajstić information content (AvgIpc) is 2.76. The second-order valence-corrected chi connectivity index (χ2v) is 4.94. The van der Waals surface area contributed by atoms with Crippen molar-refractivity contribution < 1.29 is 13.2 Å². The Hall–Kier alpha value is -2.17. The number of benzene rings is 2. The Bertz CT molecular complexity index is 647. The highest BCUT2D eigenvalue weighted by atomic mass is 19.1. The SMILES string of the molecule is Nc1ccc2c(c1)CCC2Nc1c(F)cc(F)cc1F. The molecule has 20 heavy (non-hydrogen) atoms. The van der Waals surface area contributed by atoms with Gasteiger partial charge in [0.25, 0.3) is 0 Å². The molecule has 0 aromatic heterocycles. The highest BCUT2D eigenvalue weighted by molar-refractivity contribution is 5.53. The zero-order valence-electron chi connectivity index (χ0n) is 10.6. The van der Waals surface area contributed by atoms with Gasteiger partial charge in [-0.1, -0.05) is 6.07 Å². The number of hydrogen-bond acceptors (Lipinski definition) is 2. The lowest BCUT2D eigenvalue weighted by Crippen LogP contribution is -2.10. The van der Waals surface area contributed by atoms with Crippen molar-refractivity contribution in [1.82, 2.24) is 0 Å². The van der Waals surface area contributed by atoms with Gasteiger partial charge >= 0.3 is 0 Å². The van der Waals surface area contributed by atoms with Gasteiger partial charge in [0, 0.05) is 17.8 Å². The van der Waals surface area contributed by atoms with Crippen molar-refractivity contribution in [2.45, 2.75) is 18.9 Å². The summed E-state index contributed by atoms with van der Waals surface area (Å²) >= 11 is 0. The van der Waals surface area contributed by atoms with Crippen LogP contribution in [0.1, 0.15) is 23.6 Å². The predicted molar refractivity (Wildman–Crippen MR) is 71.9 cm³/mol. The Morgan fingerprint density at radius 3 is 2.45 bits per heavy atom. The minimum atomic E-state index is -0.926. The minimum Gasteiger partial charge on any atom is -0.399 e.